The zero-order valence-corrected chi connectivity index (χ0v) is 9.04. The first-order valence-corrected chi connectivity index (χ1v) is 5.79. The van der Waals surface area contributed by atoms with Gasteiger partial charge < -0.3 is 0 Å². The Morgan fingerprint density at radius 1 is 1.33 bits per heavy atom. The molecule has 0 amide bonds. The Morgan fingerprint density at radius 2 is 2.00 bits per heavy atom. The van der Waals surface area contributed by atoms with E-state index >= 15 is 0 Å². The van der Waals surface area contributed by atoms with Gasteiger partial charge in [-0.3, -0.25) is 0 Å². The molecule has 0 spiro atoms. The zero-order chi connectivity index (χ0) is 8.77. The molecule has 0 radical (unpaired) electrons. The summed E-state index contributed by atoms with van der Waals surface area (Å²) in [5.41, 5.74) is 0.881. The van der Waals surface area contributed by atoms with Crippen LogP contribution in [0.2, 0.25) is 0 Å². The van der Waals surface area contributed by atoms with E-state index in [2.05, 4.69) is 0 Å². The average Bonchev–Trinajstić information content (AvgIpc) is 2.25. The normalized spacial score (nSPS) is 20.8. The van der Waals surface area contributed by atoms with Gasteiger partial charge in [0.15, 0.2) is 0 Å². The van der Waals surface area contributed by atoms with Crippen molar-refractivity contribution in [2.75, 3.05) is 0 Å². The first kappa shape index (κ1) is 8.46. The van der Waals surface area contributed by atoms with E-state index in [1.54, 1.807) is 12.1 Å². The Bertz CT molecular complexity index is 415. The molecule has 5 heteroatoms. The molecular weight excluding hydrogens is 289 g/mol. The van der Waals surface area contributed by atoms with E-state index < -0.39 is 10.0 Å². The summed E-state index contributed by atoms with van der Waals surface area (Å²) in [6.07, 6.45) is 0. The van der Waals surface area contributed by atoms with Gasteiger partial charge in [-0.2, -0.15) is 0 Å². The van der Waals surface area contributed by atoms with Gasteiger partial charge in [0.1, 0.15) is 0 Å². The van der Waals surface area contributed by atoms with Crippen molar-refractivity contribution in [1.29, 1.82) is 0 Å². The summed E-state index contributed by atoms with van der Waals surface area (Å²) in [7, 11) is -3.16. The highest BCUT2D eigenvalue weighted by atomic mass is 127. The van der Waals surface area contributed by atoms with Crippen molar-refractivity contribution in [1.82, 2.24) is 2.52 Å². The molecule has 0 aromatic heterocycles. The minimum absolute atomic E-state index is 0.444. The molecule has 1 aromatic rings. The molecule has 0 N–H and O–H groups in total. The summed E-state index contributed by atoms with van der Waals surface area (Å²) in [6.45, 7) is 0.485. The standard InChI is InChI=1S/C7H6INO2S/c8-9-5-6-3-1-2-4-7(6)12(9,10)11/h1-4H,5H2. The summed E-state index contributed by atoms with van der Waals surface area (Å²) < 4.78 is 24.3. The maximum absolute atomic E-state index is 11.5. The minimum Gasteiger partial charge on any atom is -0.206 e. The summed E-state index contributed by atoms with van der Waals surface area (Å²) in [6, 6.07) is 7.07. The number of hydrogen-bond donors (Lipinski definition) is 0. The molecule has 2 rings (SSSR count). The van der Waals surface area contributed by atoms with Gasteiger partial charge in [0, 0.05) is 22.9 Å². The fourth-order valence-electron chi connectivity index (χ4n) is 1.21. The van der Waals surface area contributed by atoms with Crippen LogP contribution in [0, 0.1) is 0 Å². The Morgan fingerprint density at radius 3 is 2.67 bits per heavy atom. The van der Waals surface area contributed by atoms with Crippen LogP contribution < -0.4 is 0 Å². The fourth-order valence-corrected chi connectivity index (χ4v) is 3.45. The number of benzene rings is 1. The lowest BCUT2D eigenvalue weighted by atomic mass is 10.2. The Kier molecular flexibility index (Phi) is 1.89. The Hall–Kier alpha value is -0.140. The summed E-state index contributed by atoms with van der Waals surface area (Å²) >= 11 is 1.82. The van der Waals surface area contributed by atoms with Gasteiger partial charge in [0.05, 0.1) is 11.4 Å². The molecule has 1 aromatic carbocycles. The maximum Gasteiger partial charge on any atom is 0.252 e. The van der Waals surface area contributed by atoms with Gasteiger partial charge in [-0.15, -0.1) is 2.52 Å². The van der Waals surface area contributed by atoms with Crippen LogP contribution in [0.5, 0.6) is 0 Å². The van der Waals surface area contributed by atoms with Gasteiger partial charge in [-0.1, -0.05) is 18.2 Å². The zero-order valence-electron chi connectivity index (χ0n) is 6.07. The van der Waals surface area contributed by atoms with E-state index in [1.807, 2.05) is 35.0 Å². The number of halogens is 1. The first-order valence-electron chi connectivity index (χ1n) is 3.39. The lowest BCUT2D eigenvalue weighted by Gasteiger charge is -2.01. The molecular formula is C7H6INO2S. The quantitative estimate of drug-likeness (QED) is 0.538. The molecule has 0 unspecified atom stereocenters. The minimum atomic E-state index is -3.16. The summed E-state index contributed by atoms with van der Waals surface area (Å²) in [4.78, 5) is 0.444. The largest absolute Gasteiger partial charge is 0.252 e. The monoisotopic (exact) mass is 295 g/mol. The van der Waals surface area contributed by atoms with Gasteiger partial charge in [-0.05, 0) is 11.6 Å². The predicted octanol–water partition coefficient (Wildman–Crippen LogP) is 1.54. The lowest BCUT2D eigenvalue weighted by Crippen LogP contribution is -2.11. The summed E-state index contributed by atoms with van der Waals surface area (Å²) in [5, 5.41) is 0. The van der Waals surface area contributed by atoms with Crippen LogP contribution in [0.4, 0.5) is 0 Å². The fraction of sp³-hybridized carbons (Fsp3) is 0.143. The SMILES string of the molecule is O=S1(=O)c2ccccc2CN1I. The van der Waals surface area contributed by atoms with Gasteiger partial charge in [0.25, 0.3) is 10.0 Å². The molecule has 0 fully saturated rings. The van der Waals surface area contributed by atoms with Crippen LogP contribution in [0.3, 0.4) is 0 Å². The van der Waals surface area contributed by atoms with Crippen LogP contribution in [-0.2, 0) is 16.6 Å². The number of fused-ring (bicyclic) bond motifs is 1. The second-order valence-corrected chi connectivity index (χ2v) is 6.21. The van der Waals surface area contributed by atoms with Crippen LogP contribution >= 0.6 is 22.9 Å². The van der Waals surface area contributed by atoms with Gasteiger partial charge >= 0.3 is 0 Å². The molecule has 1 aliphatic heterocycles. The van der Waals surface area contributed by atoms with Crippen molar-refractivity contribution in [3.63, 3.8) is 0 Å². The third kappa shape index (κ3) is 1.07. The van der Waals surface area contributed by atoms with E-state index in [1.165, 1.54) is 2.52 Å². The first-order chi connectivity index (χ1) is 5.62. The van der Waals surface area contributed by atoms with E-state index in [0.29, 0.717) is 11.4 Å². The van der Waals surface area contributed by atoms with Crippen LogP contribution in [0.1, 0.15) is 5.56 Å². The molecule has 0 atom stereocenters. The van der Waals surface area contributed by atoms with Crippen molar-refractivity contribution >= 4 is 32.9 Å². The third-order valence-corrected chi connectivity index (χ3v) is 5.31. The highest BCUT2D eigenvalue weighted by molar-refractivity contribution is 14.1. The van der Waals surface area contributed by atoms with Crippen LogP contribution in [0.15, 0.2) is 29.2 Å². The molecule has 1 aliphatic rings. The molecule has 64 valence electrons. The van der Waals surface area contributed by atoms with Crippen molar-refractivity contribution < 1.29 is 8.42 Å². The van der Waals surface area contributed by atoms with Gasteiger partial charge in [-0.25, -0.2) is 8.42 Å². The molecule has 1 heterocycles. The topological polar surface area (TPSA) is 37.4 Å². The lowest BCUT2D eigenvalue weighted by molar-refractivity contribution is 0.567. The second-order valence-electron chi connectivity index (χ2n) is 2.56. The maximum atomic E-state index is 11.5. The van der Waals surface area contributed by atoms with E-state index in [9.17, 15) is 8.42 Å². The highest BCUT2D eigenvalue weighted by Crippen LogP contribution is 2.32. The Labute approximate surface area is 84.9 Å². The predicted molar refractivity (Wildman–Crippen MR) is 53.2 cm³/mol. The molecule has 3 nitrogen and oxygen atoms in total. The Balaban J connectivity index is 2.72. The smallest absolute Gasteiger partial charge is 0.206 e. The number of nitrogens with zero attached hydrogens (tertiary/aromatic N) is 1. The van der Waals surface area contributed by atoms with E-state index in [4.69, 9.17) is 0 Å². The van der Waals surface area contributed by atoms with Crippen LogP contribution in [0.25, 0.3) is 0 Å². The molecule has 12 heavy (non-hydrogen) atoms. The van der Waals surface area contributed by atoms with Crippen molar-refractivity contribution in [2.24, 2.45) is 0 Å². The van der Waals surface area contributed by atoms with Crippen molar-refractivity contribution in [3.8, 4) is 0 Å². The van der Waals surface area contributed by atoms with Crippen LogP contribution in [-0.4, -0.2) is 10.9 Å². The number of hydrogen-bond acceptors (Lipinski definition) is 2. The molecule has 0 bridgehead atoms. The average molecular weight is 295 g/mol. The summed E-state index contributed by atoms with van der Waals surface area (Å²) in [5.74, 6) is 0. The van der Waals surface area contributed by atoms with E-state index in [-0.39, 0.29) is 0 Å². The number of sulfonamides is 1. The van der Waals surface area contributed by atoms with Gasteiger partial charge in [0.2, 0.25) is 0 Å². The van der Waals surface area contributed by atoms with Crippen molar-refractivity contribution in [2.45, 2.75) is 11.4 Å². The third-order valence-electron chi connectivity index (χ3n) is 1.81. The second kappa shape index (κ2) is 2.68. The number of rotatable bonds is 0. The molecule has 0 aliphatic carbocycles. The molecule has 0 saturated heterocycles. The highest BCUT2D eigenvalue weighted by Gasteiger charge is 2.32. The van der Waals surface area contributed by atoms with Crippen molar-refractivity contribution in [3.05, 3.63) is 29.8 Å². The van der Waals surface area contributed by atoms with E-state index in [0.717, 1.165) is 5.56 Å². The molecule has 0 saturated carbocycles.